The molecule has 2 aliphatic heterocycles. The number of nitrogens with zero attached hydrogens (tertiary/aromatic N) is 1. The monoisotopic (exact) mass is 283 g/mol. The van der Waals surface area contributed by atoms with E-state index in [0.29, 0.717) is 54.8 Å². The van der Waals surface area contributed by atoms with Crippen molar-refractivity contribution in [1.82, 2.24) is 4.90 Å². The van der Waals surface area contributed by atoms with Crippen molar-refractivity contribution in [1.29, 1.82) is 0 Å². The van der Waals surface area contributed by atoms with Crippen LogP contribution in [0.15, 0.2) is 12.1 Å². The lowest BCUT2D eigenvalue weighted by Crippen LogP contribution is -2.29. The molecule has 5 nitrogen and oxygen atoms in total. The van der Waals surface area contributed by atoms with Crippen LogP contribution in [0.2, 0.25) is 5.02 Å². The second-order valence-electron chi connectivity index (χ2n) is 4.68. The Morgan fingerprint density at radius 1 is 1.37 bits per heavy atom. The van der Waals surface area contributed by atoms with Crippen molar-refractivity contribution in [3.8, 4) is 11.5 Å². The Morgan fingerprint density at radius 3 is 2.89 bits per heavy atom. The van der Waals surface area contributed by atoms with Crippen LogP contribution >= 0.6 is 11.6 Å². The van der Waals surface area contributed by atoms with Crippen molar-refractivity contribution in [2.24, 2.45) is 0 Å². The first-order valence-corrected chi connectivity index (χ1v) is 6.59. The quantitative estimate of drug-likeness (QED) is 0.844. The van der Waals surface area contributed by atoms with Crippen molar-refractivity contribution < 1.29 is 19.4 Å². The van der Waals surface area contributed by atoms with Gasteiger partial charge in [-0.2, -0.15) is 0 Å². The molecule has 19 heavy (non-hydrogen) atoms. The molecule has 3 rings (SSSR count). The standard InChI is InChI=1S/C13H14ClNO4/c14-10-5-8(6-11-12(10)19-4-3-18-11)13(17)15-2-1-9(16)7-15/h5-6,9,16H,1-4,7H2. The normalized spacial score (nSPS) is 21.6. The van der Waals surface area contributed by atoms with Crippen LogP contribution < -0.4 is 9.47 Å². The molecule has 1 saturated heterocycles. The lowest BCUT2D eigenvalue weighted by molar-refractivity contribution is 0.0764. The Bertz CT molecular complexity index is 520. The number of rotatable bonds is 1. The lowest BCUT2D eigenvalue weighted by atomic mass is 10.1. The molecular formula is C13H14ClNO4. The van der Waals surface area contributed by atoms with Crippen LogP contribution in [0.1, 0.15) is 16.8 Å². The van der Waals surface area contributed by atoms with E-state index in [1.165, 1.54) is 0 Å². The number of hydrogen-bond donors (Lipinski definition) is 1. The summed E-state index contributed by atoms with van der Waals surface area (Å²) in [6.45, 7) is 1.83. The largest absolute Gasteiger partial charge is 0.486 e. The number of aliphatic hydroxyl groups is 1. The molecule has 0 saturated carbocycles. The molecule has 2 heterocycles. The highest BCUT2D eigenvalue weighted by molar-refractivity contribution is 6.32. The Hall–Kier alpha value is -1.46. The number of fused-ring (bicyclic) bond motifs is 1. The second kappa shape index (κ2) is 4.90. The molecule has 1 atom stereocenters. The van der Waals surface area contributed by atoms with Gasteiger partial charge in [0, 0.05) is 18.7 Å². The van der Waals surface area contributed by atoms with Crippen molar-refractivity contribution in [2.45, 2.75) is 12.5 Å². The highest BCUT2D eigenvalue weighted by Gasteiger charge is 2.27. The number of halogens is 1. The molecule has 1 N–H and O–H groups in total. The molecule has 1 aromatic rings. The van der Waals surface area contributed by atoms with E-state index >= 15 is 0 Å². The average molecular weight is 284 g/mol. The van der Waals surface area contributed by atoms with E-state index in [4.69, 9.17) is 21.1 Å². The number of aliphatic hydroxyl groups excluding tert-OH is 1. The van der Waals surface area contributed by atoms with Gasteiger partial charge in [-0.05, 0) is 18.6 Å². The first kappa shape index (κ1) is 12.6. The minimum Gasteiger partial charge on any atom is -0.486 e. The van der Waals surface area contributed by atoms with E-state index in [1.54, 1.807) is 17.0 Å². The van der Waals surface area contributed by atoms with E-state index in [9.17, 15) is 9.90 Å². The smallest absolute Gasteiger partial charge is 0.254 e. The van der Waals surface area contributed by atoms with Crippen LogP contribution in [-0.4, -0.2) is 48.3 Å². The summed E-state index contributed by atoms with van der Waals surface area (Å²) in [4.78, 5) is 13.9. The molecule has 2 aliphatic rings. The molecule has 0 aromatic heterocycles. The number of hydrogen-bond acceptors (Lipinski definition) is 4. The van der Waals surface area contributed by atoms with Crippen molar-refractivity contribution in [3.05, 3.63) is 22.7 Å². The van der Waals surface area contributed by atoms with Crippen LogP contribution in [0.5, 0.6) is 11.5 Å². The number of carbonyl (C=O) groups excluding carboxylic acids is 1. The predicted molar refractivity (Wildman–Crippen MR) is 69.0 cm³/mol. The number of benzene rings is 1. The van der Waals surface area contributed by atoms with Gasteiger partial charge < -0.3 is 19.5 Å². The molecular weight excluding hydrogens is 270 g/mol. The van der Waals surface area contributed by atoms with Gasteiger partial charge in [-0.1, -0.05) is 11.6 Å². The minimum atomic E-state index is -0.434. The first-order valence-electron chi connectivity index (χ1n) is 6.21. The average Bonchev–Trinajstić information content (AvgIpc) is 2.84. The maximum atomic E-state index is 12.3. The van der Waals surface area contributed by atoms with Gasteiger partial charge in [0.1, 0.15) is 13.2 Å². The van der Waals surface area contributed by atoms with Crippen LogP contribution in [-0.2, 0) is 0 Å². The zero-order chi connectivity index (χ0) is 13.4. The summed E-state index contributed by atoms with van der Waals surface area (Å²) in [7, 11) is 0. The summed E-state index contributed by atoms with van der Waals surface area (Å²) in [5, 5.41) is 9.85. The van der Waals surface area contributed by atoms with E-state index < -0.39 is 6.10 Å². The summed E-state index contributed by atoms with van der Waals surface area (Å²) in [5.41, 5.74) is 0.461. The fraction of sp³-hybridized carbons (Fsp3) is 0.462. The number of carbonyl (C=O) groups is 1. The van der Waals surface area contributed by atoms with E-state index in [0.717, 1.165) is 0 Å². The van der Waals surface area contributed by atoms with E-state index in [-0.39, 0.29) is 5.91 Å². The van der Waals surface area contributed by atoms with Gasteiger partial charge in [0.25, 0.3) is 5.91 Å². The van der Waals surface area contributed by atoms with Gasteiger partial charge in [-0.3, -0.25) is 4.79 Å². The molecule has 102 valence electrons. The fourth-order valence-electron chi connectivity index (χ4n) is 2.34. The number of amides is 1. The zero-order valence-electron chi connectivity index (χ0n) is 10.3. The number of ether oxygens (including phenoxy) is 2. The molecule has 1 unspecified atom stereocenters. The third kappa shape index (κ3) is 2.35. The number of β-amino-alcohol motifs (C(OH)–C–C–N with tert-alkyl or cyclic N) is 1. The van der Waals surface area contributed by atoms with E-state index in [1.807, 2.05) is 0 Å². The van der Waals surface area contributed by atoms with Gasteiger partial charge in [-0.15, -0.1) is 0 Å². The van der Waals surface area contributed by atoms with Crippen LogP contribution in [0.25, 0.3) is 0 Å². The molecule has 1 aromatic carbocycles. The Labute approximate surface area is 115 Å². The summed E-state index contributed by atoms with van der Waals surface area (Å²) in [6.07, 6.45) is 0.181. The van der Waals surface area contributed by atoms with Crippen molar-refractivity contribution >= 4 is 17.5 Å². The Morgan fingerprint density at radius 2 is 2.16 bits per heavy atom. The van der Waals surface area contributed by atoms with Gasteiger partial charge in [-0.25, -0.2) is 0 Å². The topological polar surface area (TPSA) is 59.0 Å². The van der Waals surface area contributed by atoms with Crippen molar-refractivity contribution in [2.75, 3.05) is 26.3 Å². The summed E-state index contributed by atoms with van der Waals surface area (Å²) >= 11 is 6.10. The lowest BCUT2D eigenvalue weighted by Gasteiger charge is -2.21. The van der Waals surface area contributed by atoms with Gasteiger partial charge in [0.2, 0.25) is 0 Å². The van der Waals surface area contributed by atoms with Gasteiger partial charge in [0.15, 0.2) is 11.5 Å². The third-order valence-electron chi connectivity index (χ3n) is 3.29. The molecule has 0 aliphatic carbocycles. The predicted octanol–water partition coefficient (Wildman–Crippen LogP) is 1.32. The zero-order valence-corrected chi connectivity index (χ0v) is 11.0. The highest BCUT2D eigenvalue weighted by atomic mass is 35.5. The SMILES string of the molecule is O=C(c1cc(Cl)c2c(c1)OCCO2)N1CCC(O)C1. The molecule has 6 heteroatoms. The molecule has 0 bridgehead atoms. The maximum Gasteiger partial charge on any atom is 0.254 e. The summed E-state index contributed by atoms with van der Waals surface area (Å²) in [5.74, 6) is 0.850. The minimum absolute atomic E-state index is 0.143. The first-order chi connectivity index (χ1) is 9.15. The Kier molecular flexibility index (Phi) is 3.24. The van der Waals surface area contributed by atoms with Crippen molar-refractivity contribution in [3.63, 3.8) is 0 Å². The van der Waals surface area contributed by atoms with Gasteiger partial charge >= 0.3 is 0 Å². The van der Waals surface area contributed by atoms with Gasteiger partial charge in [0.05, 0.1) is 11.1 Å². The molecule has 0 radical (unpaired) electrons. The maximum absolute atomic E-state index is 12.3. The van der Waals surface area contributed by atoms with E-state index in [2.05, 4.69) is 0 Å². The summed E-state index contributed by atoms with van der Waals surface area (Å²) < 4.78 is 10.9. The molecule has 1 amide bonds. The molecule has 0 spiro atoms. The number of likely N-dealkylation sites (tertiary alicyclic amines) is 1. The second-order valence-corrected chi connectivity index (χ2v) is 5.08. The Balaban J connectivity index is 1.88. The highest BCUT2D eigenvalue weighted by Crippen LogP contribution is 2.38. The van der Waals surface area contributed by atoms with Crippen LogP contribution in [0.3, 0.4) is 0 Å². The van der Waals surface area contributed by atoms with Crippen LogP contribution in [0, 0.1) is 0 Å². The third-order valence-corrected chi connectivity index (χ3v) is 3.58. The fourth-order valence-corrected chi connectivity index (χ4v) is 2.61. The summed E-state index contributed by atoms with van der Waals surface area (Å²) in [6, 6.07) is 3.23. The molecule has 1 fully saturated rings. The van der Waals surface area contributed by atoms with Crippen LogP contribution in [0.4, 0.5) is 0 Å².